The van der Waals surface area contributed by atoms with E-state index < -0.39 is 5.91 Å². The van der Waals surface area contributed by atoms with Crippen molar-refractivity contribution in [1.29, 1.82) is 0 Å². The molecule has 174 valence electrons. The molecule has 0 atom stereocenters. The molecule has 4 aromatic rings. The first-order valence-electron chi connectivity index (χ1n) is 10.6. The van der Waals surface area contributed by atoms with E-state index in [2.05, 4.69) is 20.9 Å². The van der Waals surface area contributed by atoms with Crippen LogP contribution < -0.4 is 16.4 Å². The van der Waals surface area contributed by atoms with Crippen LogP contribution in [0.25, 0.3) is 17.0 Å². The number of hydrogen-bond donors (Lipinski definition) is 2. The molecule has 0 saturated heterocycles. The third kappa shape index (κ3) is 4.98. The van der Waals surface area contributed by atoms with E-state index in [4.69, 9.17) is 23.2 Å². The van der Waals surface area contributed by atoms with Crippen LogP contribution in [0.1, 0.15) is 23.7 Å². The fourth-order valence-electron chi connectivity index (χ4n) is 3.50. The number of nitrogens with one attached hydrogen (secondary N) is 2. The van der Waals surface area contributed by atoms with Gasteiger partial charge in [-0.3, -0.25) is 25.0 Å². The Morgan fingerprint density at radius 2 is 1.85 bits per heavy atom. The van der Waals surface area contributed by atoms with Crippen molar-refractivity contribution in [2.75, 3.05) is 5.43 Å². The van der Waals surface area contributed by atoms with Crippen molar-refractivity contribution in [2.24, 2.45) is 0 Å². The molecule has 34 heavy (non-hydrogen) atoms. The van der Waals surface area contributed by atoms with Gasteiger partial charge in [-0.05, 0) is 49.8 Å². The molecule has 2 aromatic carbocycles. The summed E-state index contributed by atoms with van der Waals surface area (Å²) >= 11 is 12.4. The summed E-state index contributed by atoms with van der Waals surface area (Å²) in [6.07, 6.45) is 2.94. The first-order chi connectivity index (χ1) is 16.4. The van der Waals surface area contributed by atoms with Gasteiger partial charge in [-0.25, -0.2) is 9.67 Å². The molecule has 2 N–H and O–H groups in total. The molecule has 8 nitrogen and oxygen atoms in total. The van der Waals surface area contributed by atoms with Crippen molar-refractivity contribution in [1.82, 2.24) is 24.8 Å². The van der Waals surface area contributed by atoms with Crippen LogP contribution in [-0.4, -0.2) is 25.2 Å². The minimum absolute atomic E-state index is 0.184. The highest BCUT2D eigenvalue weighted by atomic mass is 35.5. The Morgan fingerprint density at radius 3 is 2.59 bits per heavy atom. The highest BCUT2D eigenvalue weighted by molar-refractivity contribution is 6.31. The van der Waals surface area contributed by atoms with Gasteiger partial charge in [0.15, 0.2) is 0 Å². The van der Waals surface area contributed by atoms with Crippen molar-refractivity contribution in [3.63, 3.8) is 0 Å². The molecule has 0 fully saturated rings. The van der Waals surface area contributed by atoms with Crippen LogP contribution in [0.15, 0.2) is 59.4 Å². The summed E-state index contributed by atoms with van der Waals surface area (Å²) in [6.45, 7) is 4.52. The van der Waals surface area contributed by atoms with E-state index >= 15 is 0 Å². The van der Waals surface area contributed by atoms with E-state index in [0.717, 1.165) is 5.56 Å². The van der Waals surface area contributed by atoms with Gasteiger partial charge < -0.3 is 0 Å². The lowest BCUT2D eigenvalue weighted by molar-refractivity contribution is -0.116. The molecular weight excluding hydrogens is 475 g/mol. The van der Waals surface area contributed by atoms with Gasteiger partial charge in [0, 0.05) is 23.2 Å². The van der Waals surface area contributed by atoms with Crippen LogP contribution in [0.4, 0.5) is 5.95 Å². The maximum absolute atomic E-state index is 12.7. The number of rotatable bonds is 7. The Kier molecular flexibility index (Phi) is 7.00. The third-order valence-electron chi connectivity index (χ3n) is 5.23. The summed E-state index contributed by atoms with van der Waals surface area (Å²) in [7, 11) is 0. The number of fused-ring (bicyclic) bond motifs is 1. The Balaban J connectivity index is 1.47. The largest absolute Gasteiger partial charge is 0.277 e. The zero-order valence-electron chi connectivity index (χ0n) is 18.5. The molecule has 10 heteroatoms. The zero-order chi connectivity index (χ0) is 24.2. The number of nitrogens with zero attached hydrogens (tertiary/aromatic N) is 4. The number of hydrazine groups is 1. The smallest absolute Gasteiger partial charge is 0.262 e. The normalized spacial score (nSPS) is 11.3. The average molecular weight is 497 g/mol. The number of para-hydroxylation sites is 1. The van der Waals surface area contributed by atoms with Crippen molar-refractivity contribution in [2.45, 2.75) is 26.9 Å². The van der Waals surface area contributed by atoms with E-state index in [9.17, 15) is 9.59 Å². The van der Waals surface area contributed by atoms with Gasteiger partial charge in [0.05, 0.1) is 23.1 Å². The molecule has 2 aromatic heterocycles. The van der Waals surface area contributed by atoms with E-state index in [1.165, 1.54) is 10.6 Å². The van der Waals surface area contributed by atoms with Gasteiger partial charge >= 0.3 is 0 Å². The standard InChI is InChI=1S/C24H22Cl2N6O2/c1-3-31-23(34)19-6-4-5-7-20(19)27-24(31)29-28-21(33)13-12-18-15(2)30-32(22(18)26)14-16-8-10-17(25)11-9-16/h4-13H,3,14H2,1-2H3,(H,27,29)(H,28,33)/b13-12+. The highest BCUT2D eigenvalue weighted by Gasteiger charge is 2.13. The molecule has 0 bridgehead atoms. The molecule has 0 radical (unpaired) electrons. The Labute approximate surface area is 205 Å². The molecule has 0 aliphatic carbocycles. The predicted molar refractivity (Wildman–Crippen MR) is 135 cm³/mol. The number of anilines is 1. The lowest BCUT2D eigenvalue weighted by Gasteiger charge is -2.13. The number of carbonyl (C=O) groups is 1. The SMILES string of the molecule is CCn1c(NNC(=O)/C=C/c2c(C)nn(Cc3ccc(Cl)cc3)c2Cl)nc2ccccc2c1=O. The molecule has 0 aliphatic heterocycles. The van der Waals surface area contributed by atoms with Gasteiger partial charge in [-0.2, -0.15) is 5.10 Å². The van der Waals surface area contributed by atoms with E-state index in [-0.39, 0.29) is 11.5 Å². The Bertz CT molecular complexity index is 1440. The summed E-state index contributed by atoms with van der Waals surface area (Å²) < 4.78 is 3.11. The third-order valence-corrected chi connectivity index (χ3v) is 5.88. The molecule has 1 amide bonds. The number of amides is 1. The van der Waals surface area contributed by atoms with Crippen molar-refractivity contribution in [3.8, 4) is 0 Å². The second-order valence-corrected chi connectivity index (χ2v) is 8.32. The maximum atomic E-state index is 12.7. The number of halogens is 2. The summed E-state index contributed by atoms with van der Waals surface area (Å²) in [4.78, 5) is 29.6. The molecule has 2 heterocycles. The van der Waals surface area contributed by atoms with Crippen LogP contribution in [0.5, 0.6) is 0 Å². The quantitative estimate of drug-likeness (QED) is 0.291. The predicted octanol–water partition coefficient (Wildman–Crippen LogP) is 4.43. The minimum atomic E-state index is -0.439. The van der Waals surface area contributed by atoms with Crippen LogP contribution in [0, 0.1) is 6.92 Å². The van der Waals surface area contributed by atoms with Crippen molar-refractivity contribution in [3.05, 3.63) is 92.0 Å². The molecule has 0 spiro atoms. The summed E-state index contributed by atoms with van der Waals surface area (Å²) in [5.74, 6) is -0.191. The molecular formula is C24H22Cl2N6O2. The van der Waals surface area contributed by atoms with Crippen molar-refractivity contribution >= 4 is 52.0 Å². The number of aromatic nitrogens is 4. The average Bonchev–Trinajstić information content (AvgIpc) is 3.10. The monoisotopic (exact) mass is 496 g/mol. The van der Waals surface area contributed by atoms with Crippen LogP contribution >= 0.6 is 23.2 Å². The van der Waals surface area contributed by atoms with Gasteiger partial charge in [0.25, 0.3) is 11.5 Å². The molecule has 0 unspecified atom stereocenters. The molecule has 0 saturated carbocycles. The zero-order valence-corrected chi connectivity index (χ0v) is 20.1. The number of carbonyl (C=O) groups excluding carboxylic acids is 1. The second kappa shape index (κ2) is 10.1. The second-order valence-electron chi connectivity index (χ2n) is 7.52. The first-order valence-corrected chi connectivity index (χ1v) is 11.3. The topological polar surface area (TPSA) is 93.8 Å². The van der Waals surface area contributed by atoms with Crippen molar-refractivity contribution < 1.29 is 4.79 Å². The maximum Gasteiger partial charge on any atom is 0.262 e. The number of benzene rings is 2. The van der Waals surface area contributed by atoms with Gasteiger partial charge in [0.1, 0.15) is 5.15 Å². The molecule has 0 aliphatic rings. The van der Waals surface area contributed by atoms with Crippen LogP contribution in [-0.2, 0) is 17.9 Å². The van der Waals surface area contributed by atoms with Crippen LogP contribution in [0.2, 0.25) is 10.2 Å². The van der Waals surface area contributed by atoms with E-state index in [0.29, 0.717) is 45.4 Å². The van der Waals surface area contributed by atoms with E-state index in [1.54, 1.807) is 35.0 Å². The number of aryl methyl sites for hydroxylation is 1. The summed E-state index contributed by atoms with van der Waals surface area (Å²) in [6, 6.07) is 14.5. The fraction of sp³-hybridized carbons (Fsp3) is 0.167. The lowest BCUT2D eigenvalue weighted by atomic mass is 10.2. The first kappa shape index (κ1) is 23.5. The minimum Gasteiger partial charge on any atom is -0.277 e. The van der Waals surface area contributed by atoms with Gasteiger partial charge in [-0.1, -0.05) is 47.5 Å². The lowest BCUT2D eigenvalue weighted by Crippen LogP contribution is -2.33. The van der Waals surface area contributed by atoms with Crippen LogP contribution in [0.3, 0.4) is 0 Å². The molecule has 4 rings (SSSR count). The van der Waals surface area contributed by atoms with Gasteiger partial charge in [-0.15, -0.1) is 0 Å². The Morgan fingerprint density at radius 1 is 1.12 bits per heavy atom. The van der Waals surface area contributed by atoms with Gasteiger partial charge in [0.2, 0.25) is 5.95 Å². The summed E-state index contributed by atoms with van der Waals surface area (Å²) in [5.41, 5.74) is 7.97. The fourth-order valence-corrected chi connectivity index (χ4v) is 3.92. The highest BCUT2D eigenvalue weighted by Crippen LogP contribution is 2.22. The Hall–Kier alpha value is -3.62. The summed E-state index contributed by atoms with van der Waals surface area (Å²) in [5, 5.41) is 6.06. The number of hydrogen-bond acceptors (Lipinski definition) is 5. The van der Waals surface area contributed by atoms with E-state index in [1.807, 2.05) is 38.1 Å².